The quantitative estimate of drug-likeness (QED) is 0.474. The Kier molecular flexibility index (Phi) is 6.89. The number of nitrogen functional groups attached to an aromatic ring is 1. The van der Waals surface area contributed by atoms with Gasteiger partial charge in [0, 0.05) is 35.9 Å². The summed E-state index contributed by atoms with van der Waals surface area (Å²) in [4.78, 5) is 2.02. The van der Waals surface area contributed by atoms with Crippen molar-refractivity contribution in [3.63, 3.8) is 0 Å². The molecule has 1 fully saturated rings. The number of aliphatic hydroxyl groups is 1. The topological polar surface area (TPSA) is 70.8 Å². The van der Waals surface area contributed by atoms with E-state index in [0.717, 1.165) is 6.07 Å². The van der Waals surface area contributed by atoms with Gasteiger partial charge in [0.15, 0.2) is 0 Å². The first-order valence-corrected chi connectivity index (χ1v) is 9.59. The zero-order valence-corrected chi connectivity index (χ0v) is 16.6. The Morgan fingerprint density at radius 3 is 2.48 bits per heavy atom. The Balaban J connectivity index is 1.83. The molecule has 3 rings (SSSR count). The number of morpholine rings is 1. The van der Waals surface area contributed by atoms with Crippen molar-refractivity contribution in [1.82, 2.24) is 5.32 Å². The zero-order chi connectivity index (χ0) is 21.1. The second-order valence-electron chi connectivity index (χ2n) is 6.87. The minimum atomic E-state index is -2.92. The Hall–Kier alpha value is -2.00. The highest BCUT2D eigenvalue weighted by atomic mass is 35.5. The van der Waals surface area contributed by atoms with Crippen LogP contribution < -0.4 is 16.0 Å². The highest BCUT2D eigenvalue weighted by Crippen LogP contribution is 2.35. The van der Waals surface area contributed by atoms with Crippen LogP contribution in [0.15, 0.2) is 30.3 Å². The van der Waals surface area contributed by atoms with Crippen molar-refractivity contribution < 1.29 is 23.0 Å². The van der Waals surface area contributed by atoms with Crippen molar-refractivity contribution in [2.45, 2.75) is 25.6 Å². The number of aliphatic hydroxyl groups excluding tert-OH is 1. The molecular formula is C20H23ClF3N3O2. The second kappa shape index (κ2) is 9.21. The van der Waals surface area contributed by atoms with Crippen LogP contribution in [0.5, 0.6) is 0 Å². The van der Waals surface area contributed by atoms with Gasteiger partial charge in [-0.15, -0.1) is 0 Å². The first-order chi connectivity index (χ1) is 13.8. The second-order valence-corrected chi connectivity index (χ2v) is 7.28. The molecule has 2 aromatic carbocycles. The molecule has 0 amide bonds. The van der Waals surface area contributed by atoms with Gasteiger partial charge >= 0.3 is 0 Å². The van der Waals surface area contributed by atoms with E-state index in [1.807, 2.05) is 4.90 Å². The lowest BCUT2D eigenvalue weighted by atomic mass is 10.0. The van der Waals surface area contributed by atoms with Crippen LogP contribution in [0.3, 0.4) is 0 Å². The molecule has 0 spiro atoms. The highest BCUT2D eigenvalue weighted by molar-refractivity contribution is 6.33. The van der Waals surface area contributed by atoms with Gasteiger partial charge < -0.3 is 20.5 Å². The molecule has 1 heterocycles. The molecule has 0 saturated carbocycles. The maximum absolute atomic E-state index is 14.4. The maximum atomic E-state index is 14.4. The molecule has 0 bridgehead atoms. The fourth-order valence-corrected chi connectivity index (χ4v) is 3.66. The summed E-state index contributed by atoms with van der Waals surface area (Å²) in [6.45, 7) is 4.00. The third-order valence-electron chi connectivity index (χ3n) is 4.97. The Labute approximate surface area is 172 Å². The van der Waals surface area contributed by atoms with Gasteiger partial charge in [-0.05, 0) is 19.1 Å². The van der Waals surface area contributed by atoms with Crippen molar-refractivity contribution in [2.24, 2.45) is 0 Å². The molecule has 1 aliphatic rings. The van der Waals surface area contributed by atoms with Gasteiger partial charge in [-0.3, -0.25) is 5.32 Å². The lowest BCUT2D eigenvalue weighted by Gasteiger charge is -2.31. The Bertz CT molecular complexity index is 863. The van der Waals surface area contributed by atoms with Crippen LogP contribution in [-0.4, -0.2) is 31.4 Å². The van der Waals surface area contributed by atoms with Crippen molar-refractivity contribution >= 4 is 23.0 Å². The van der Waals surface area contributed by atoms with E-state index in [1.54, 1.807) is 19.1 Å². The third kappa shape index (κ3) is 4.78. The normalized spacial score (nSPS) is 16.9. The molecule has 29 heavy (non-hydrogen) atoms. The molecule has 1 unspecified atom stereocenters. The zero-order valence-electron chi connectivity index (χ0n) is 15.8. The Morgan fingerprint density at radius 1 is 1.17 bits per heavy atom. The van der Waals surface area contributed by atoms with Crippen LogP contribution in [0.2, 0.25) is 5.02 Å². The first-order valence-electron chi connectivity index (χ1n) is 9.21. The summed E-state index contributed by atoms with van der Waals surface area (Å²) in [7, 11) is 0. The van der Waals surface area contributed by atoms with Gasteiger partial charge in [0.2, 0.25) is 0 Å². The van der Waals surface area contributed by atoms with Gasteiger partial charge in [-0.2, -0.15) is 0 Å². The number of anilines is 2. The number of nitrogens with two attached hydrogens (primary N) is 1. The van der Waals surface area contributed by atoms with Crippen LogP contribution >= 0.6 is 11.6 Å². The van der Waals surface area contributed by atoms with Crippen molar-refractivity contribution in [2.75, 3.05) is 36.9 Å². The number of nitrogens with zero attached hydrogens (tertiary/aromatic N) is 1. The first kappa shape index (κ1) is 21.7. The summed E-state index contributed by atoms with van der Waals surface area (Å²) in [6, 6.07) is 6.28. The molecule has 4 N–H and O–H groups in total. The van der Waals surface area contributed by atoms with E-state index in [1.165, 1.54) is 12.1 Å². The fourth-order valence-electron chi connectivity index (χ4n) is 3.36. The molecule has 1 saturated heterocycles. The van der Waals surface area contributed by atoms with E-state index < -0.39 is 30.1 Å². The minimum absolute atomic E-state index is 0.0304. The monoisotopic (exact) mass is 429 g/mol. The third-order valence-corrected chi connectivity index (χ3v) is 5.27. The van der Waals surface area contributed by atoms with Crippen LogP contribution in [0.4, 0.5) is 24.5 Å². The number of hydrogen-bond donors (Lipinski definition) is 3. The van der Waals surface area contributed by atoms with Gasteiger partial charge in [0.25, 0.3) is 6.43 Å². The molecule has 1 aliphatic heterocycles. The van der Waals surface area contributed by atoms with E-state index in [9.17, 15) is 18.3 Å². The van der Waals surface area contributed by atoms with E-state index in [2.05, 4.69) is 5.32 Å². The van der Waals surface area contributed by atoms with Crippen LogP contribution in [0.25, 0.3) is 0 Å². The standard InChI is InChI=1S/C20H23ClF3N3O2/c1-11(12-3-2-4-13(18(12)22)19(23)24)26-20(28)14-9-17(15(21)10-16(14)25)27-5-7-29-8-6-27/h2-4,9-11,19-20,26,28H,5-8,25H2,1H3/t11-,20?/m1/s1. The SMILES string of the molecule is C[C@@H](NC(O)c1cc(N2CCOCC2)c(Cl)cc1N)c1cccc(C(F)F)c1F. The predicted octanol–water partition coefficient (Wildman–Crippen LogP) is 4.18. The van der Waals surface area contributed by atoms with Gasteiger partial charge in [-0.1, -0.05) is 29.8 Å². The number of alkyl halides is 2. The number of rotatable bonds is 6. The van der Waals surface area contributed by atoms with E-state index in [-0.39, 0.29) is 11.3 Å². The van der Waals surface area contributed by atoms with Crippen molar-refractivity contribution in [1.29, 1.82) is 0 Å². The summed E-state index contributed by atoms with van der Waals surface area (Å²) in [5.41, 5.74) is 6.72. The van der Waals surface area contributed by atoms with Crippen molar-refractivity contribution in [3.05, 3.63) is 57.9 Å². The summed E-state index contributed by atoms with van der Waals surface area (Å²) in [5, 5.41) is 13.9. The Morgan fingerprint density at radius 2 is 1.83 bits per heavy atom. The summed E-state index contributed by atoms with van der Waals surface area (Å²) < 4.78 is 45.7. The number of hydrogen-bond acceptors (Lipinski definition) is 5. The molecule has 0 radical (unpaired) electrons. The van der Waals surface area contributed by atoms with Crippen LogP contribution in [0, 0.1) is 5.82 Å². The van der Waals surface area contributed by atoms with Gasteiger partial charge in [0.1, 0.15) is 12.0 Å². The van der Waals surface area contributed by atoms with Crippen LogP contribution in [0.1, 0.15) is 42.3 Å². The van der Waals surface area contributed by atoms with Crippen molar-refractivity contribution in [3.8, 4) is 0 Å². The summed E-state index contributed by atoms with van der Waals surface area (Å²) in [5.74, 6) is -0.993. The summed E-state index contributed by atoms with van der Waals surface area (Å²) in [6.07, 6.45) is -4.17. The number of halogens is 4. The smallest absolute Gasteiger partial charge is 0.266 e. The van der Waals surface area contributed by atoms with E-state index in [0.29, 0.717) is 42.6 Å². The number of benzene rings is 2. The van der Waals surface area contributed by atoms with Gasteiger partial charge in [0.05, 0.1) is 29.5 Å². The molecule has 2 aromatic rings. The van der Waals surface area contributed by atoms with Gasteiger partial charge in [-0.25, -0.2) is 13.2 Å². The molecule has 158 valence electrons. The average Bonchev–Trinajstić information content (AvgIpc) is 2.68. The lowest BCUT2D eigenvalue weighted by Crippen LogP contribution is -2.36. The van der Waals surface area contributed by atoms with Crippen LogP contribution in [-0.2, 0) is 4.74 Å². The van der Waals surface area contributed by atoms with E-state index in [4.69, 9.17) is 22.1 Å². The molecule has 0 aromatic heterocycles. The molecule has 9 heteroatoms. The van der Waals surface area contributed by atoms with E-state index >= 15 is 0 Å². The largest absolute Gasteiger partial charge is 0.398 e. The molecule has 2 atom stereocenters. The number of ether oxygens (including phenoxy) is 1. The average molecular weight is 430 g/mol. The highest BCUT2D eigenvalue weighted by Gasteiger charge is 2.23. The minimum Gasteiger partial charge on any atom is -0.398 e. The predicted molar refractivity (Wildman–Crippen MR) is 107 cm³/mol. The summed E-state index contributed by atoms with van der Waals surface area (Å²) >= 11 is 6.32. The lowest BCUT2D eigenvalue weighted by molar-refractivity contribution is 0.122. The maximum Gasteiger partial charge on any atom is 0.266 e. The molecule has 0 aliphatic carbocycles. The molecule has 5 nitrogen and oxygen atoms in total. The number of nitrogens with one attached hydrogen (secondary N) is 1. The molecular weight excluding hydrogens is 407 g/mol. The fraction of sp³-hybridized carbons (Fsp3) is 0.400.